The van der Waals surface area contributed by atoms with Crippen LogP contribution in [-0.2, 0) is 28.6 Å². The SMILES string of the molecule is CCCCC/C=C\C/C=C\CCCCCCCC(=O)O[C@H](COC(=O)CCCCCCC/C=C\CCCCC)COC(=O)CCCCCCC/C=C\CCCCCCCCC. The van der Waals surface area contributed by atoms with Gasteiger partial charge in [0.15, 0.2) is 6.10 Å². The van der Waals surface area contributed by atoms with Gasteiger partial charge in [-0.25, -0.2) is 0 Å². The third-order valence-electron chi connectivity index (χ3n) is 11.3. The van der Waals surface area contributed by atoms with E-state index in [4.69, 9.17) is 14.2 Å². The lowest BCUT2D eigenvalue weighted by molar-refractivity contribution is -0.167. The molecule has 0 aromatic rings. The Hall–Kier alpha value is -2.63. The van der Waals surface area contributed by atoms with E-state index in [9.17, 15) is 14.4 Å². The number of ether oxygens (including phenoxy) is 3. The molecule has 6 nitrogen and oxygen atoms in total. The first-order valence-electron chi connectivity index (χ1n) is 26.1. The molecule has 0 fully saturated rings. The summed E-state index contributed by atoms with van der Waals surface area (Å²) in [6, 6.07) is 0. The van der Waals surface area contributed by atoms with Crippen LogP contribution in [0.4, 0.5) is 0 Å². The van der Waals surface area contributed by atoms with Crippen LogP contribution >= 0.6 is 0 Å². The Morgan fingerprint density at radius 2 is 0.590 bits per heavy atom. The number of hydrogen-bond acceptors (Lipinski definition) is 6. The van der Waals surface area contributed by atoms with Crippen LogP contribution in [0.5, 0.6) is 0 Å². The van der Waals surface area contributed by atoms with Crippen molar-refractivity contribution < 1.29 is 28.6 Å². The lowest BCUT2D eigenvalue weighted by atomic mass is 10.1. The Balaban J connectivity index is 4.40. The molecule has 0 saturated carbocycles. The van der Waals surface area contributed by atoms with Crippen molar-refractivity contribution in [2.24, 2.45) is 0 Å². The smallest absolute Gasteiger partial charge is 0.306 e. The standard InChI is InChI=1S/C55H98O6/c1-4-7-10-13-16-19-22-25-27-29-30-33-36-39-42-45-48-54(57)60-51-52(50-59-53(56)47-44-41-38-35-32-24-21-18-15-12-9-6-3)61-55(58)49-46-43-40-37-34-31-28-26-23-20-17-14-11-8-5-2/h17-18,20-21,26-29,52H,4-16,19,22-25,30-51H2,1-3H3/b20-17-,21-18-,28-26-,29-27-/t52-/m1/s1. The number of carbonyl (C=O) groups excluding carboxylic acids is 3. The monoisotopic (exact) mass is 855 g/mol. The van der Waals surface area contributed by atoms with E-state index in [-0.39, 0.29) is 31.1 Å². The van der Waals surface area contributed by atoms with Gasteiger partial charge in [-0.3, -0.25) is 14.4 Å². The number of rotatable bonds is 47. The topological polar surface area (TPSA) is 78.9 Å². The van der Waals surface area contributed by atoms with Gasteiger partial charge < -0.3 is 14.2 Å². The van der Waals surface area contributed by atoms with E-state index < -0.39 is 6.10 Å². The largest absolute Gasteiger partial charge is 0.462 e. The molecule has 0 unspecified atom stereocenters. The van der Waals surface area contributed by atoms with Crippen LogP contribution in [-0.4, -0.2) is 37.2 Å². The minimum absolute atomic E-state index is 0.0851. The fourth-order valence-corrected chi connectivity index (χ4v) is 7.28. The number of allylic oxidation sites excluding steroid dienone is 8. The molecule has 0 spiro atoms. The summed E-state index contributed by atoms with van der Waals surface area (Å²) in [5.74, 6) is -0.910. The van der Waals surface area contributed by atoms with Gasteiger partial charge in [0.05, 0.1) is 0 Å². The van der Waals surface area contributed by atoms with Crippen molar-refractivity contribution in [3.63, 3.8) is 0 Å². The Morgan fingerprint density at radius 1 is 0.328 bits per heavy atom. The highest BCUT2D eigenvalue weighted by Crippen LogP contribution is 2.14. The normalized spacial score (nSPS) is 12.4. The first kappa shape index (κ1) is 58.4. The number of hydrogen-bond donors (Lipinski definition) is 0. The molecule has 0 rings (SSSR count). The lowest BCUT2D eigenvalue weighted by Crippen LogP contribution is -2.30. The highest BCUT2D eigenvalue weighted by molar-refractivity contribution is 5.71. The van der Waals surface area contributed by atoms with Crippen LogP contribution in [0.1, 0.15) is 265 Å². The van der Waals surface area contributed by atoms with E-state index in [1.165, 1.54) is 128 Å². The Morgan fingerprint density at radius 3 is 0.951 bits per heavy atom. The van der Waals surface area contributed by atoms with Crippen molar-refractivity contribution in [1.29, 1.82) is 0 Å². The highest BCUT2D eigenvalue weighted by atomic mass is 16.6. The van der Waals surface area contributed by atoms with Crippen molar-refractivity contribution in [3.05, 3.63) is 48.6 Å². The molecular weight excluding hydrogens is 757 g/mol. The van der Waals surface area contributed by atoms with Gasteiger partial charge in [0, 0.05) is 19.3 Å². The van der Waals surface area contributed by atoms with Crippen LogP contribution in [0.2, 0.25) is 0 Å². The quantitative estimate of drug-likeness (QED) is 0.0263. The van der Waals surface area contributed by atoms with E-state index in [1.807, 2.05) is 0 Å². The van der Waals surface area contributed by atoms with Gasteiger partial charge in [0.1, 0.15) is 13.2 Å². The average Bonchev–Trinajstić information content (AvgIpc) is 3.26. The fourth-order valence-electron chi connectivity index (χ4n) is 7.28. The van der Waals surface area contributed by atoms with Gasteiger partial charge in [-0.2, -0.15) is 0 Å². The molecule has 0 amide bonds. The van der Waals surface area contributed by atoms with Gasteiger partial charge in [0.25, 0.3) is 0 Å². The van der Waals surface area contributed by atoms with Crippen LogP contribution in [0.15, 0.2) is 48.6 Å². The second kappa shape index (κ2) is 50.0. The Kier molecular flexibility index (Phi) is 47.9. The maximum atomic E-state index is 12.8. The number of carbonyl (C=O) groups is 3. The Labute approximate surface area is 378 Å². The van der Waals surface area contributed by atoms with E-state index in [2.05, 4.69) is 69.4 Å². The summed E-state index contributed by atoms with van der Waals surface area (Å²) in [4.78, 5) is 38.0. The fraction of sp³-hybridized carbons (Fsp3) is 0.800. The maximum absolute atomic E-state index is 12.8. The highest BCUT2D eigenvalue weighted by Gasteiger charge is 2.19. The zero-order valence-electron chi connectivity index (χ0n) is 40.4. The van der Waals surface area contributed by atoms with Gasteiger partial charge in [0.2, 0.25) is 0 Å². The third-order valence-corrected chi connectivity index (χ3v) is 11.3. The van der Waals surface area contributed by atoms with Crippen molar-refractivity contribution in [1.82, 2.24) is 0 Å². The molecule has 0 N–H and O–H groups in total. The summed E-state index contributed by atoms with van der Waals surface area (Å²) in [5, 5.41) is 0. The molecule has 0 radical (unpaired) electrons. The second-order valence-electron chi connectivity index (χ2n) is 17.4. The predicted octanol–water partition coefficient (Wildman–Crippen LogP) is 17.1. The van der Waals surface area contributed by atoms with E-state index in [0.29, 0.717) is 19.3 Å². The molecule has 0 aliphatic rings. The van der Waals surface area contributed by atoms with Gasteiger partial charge in [-0.1, -0.05) is 191 Å². The molecule has 0 heterocycles. The van der Waals surface area contributed by atoms with E-state index >= 15 is 0 Å². The van der Waals surface area contributed by atoms with Crippen molar-refractivity contribution in [3.8, 4) is 0 Å². The molecule has 0 aliphatic heterocycles. The van der Waals surface area contributed by atoms with Gasteiger partial charge in [-0.05, 0) is 103 Å². The molecule has 0 aromatic heterocycles. The van der Waals surface area contributed by atoms with Gasteiger partial charge in [-0.15, -0.1) is 0 Å². The molecule has 61 heavy (non-hydrogen) atoms. The molecule has 0 bridgehead atoms. The van der Waals surface area contributed by atoms with Gasteiger partial charge >= 0.3 is 17.9 Å². The summed E-state index contributed by atoms with van der Waals surface area (Å²) in [6.07, 6.45) is 59.4. The van der Waals surface area contributed by atoms with Crippen LogP contribution in [0, 0.1) is 0 Å². The molecular formula is C55H98O6. The minimum Gasteiger partial charge on any atom is -0.462 e. The van der Waals surface area contributed by atoms with Crippen LogP contribution in [0.3, 0.4) is 0 Å². The number of unbranched alkanes of at least 4 members (excludes halogenated alkanes) is 28. The van der Waals surface area contributed by atoms with Crippen molar-refractivity contribution >= 4 is 17.9 Å². The zero-order chi connectivity index (χ0) is 44.4. The number of esters is 3. The third kappa shape index (κ3) is 48.3. The van der Waals surface area contributed by atoms with E-state index in [1.54, 1.807) is 0 Å². The summed E-state index contributed by atoms with van der Waals surface area (Å²) < 4.78 is 16.8. The molecule has 6 heteroatoms. The van der Waals surface area contributed by atoms with Crippen LogP contribution in [0.25, 0.3) is 0 Å². The average molecular weight is 855 g/mol. The summed E-state index contributed by atoms with van der Waals surface area (Å²) in [5.41, 5.74) is 0. The molecule has 0 saturated heterocycles. The first-order chi connectivity index (χ1) is 30.0. The zero-order valence-corrected chi connectivity index (χ0v) is 40.4. The molecule has 0 aromatic carbocycles. The predicted molar refractivity (Wildman–Crippen MR) is 261 cm³/mol. The van der Waals surface area contributed by atoms with Crippen molar-refractivity contribution in [2.75, 3.05) is 13.2 Å². The second-order valence-corrected chi connectivity index (χ2v) is 17.4. The summed E-state index contributed by atoms with van der Waals surface area (Å²) in [7, 11) is 0. The summed E-state index contributed by atoms with van der Waals surface area (Å²) in [6.45, 7) is 6.57. The molecule has 1 atom stereocenters. The van der Waals surface area contributed by atoms with Crippen LogP contribution < -0.4 is 0 Å². The first-order valence-corrected chi connectivity index (χ1v) is 26.1. The molecule has 354 valence electrons. The lowest BCUT2D eigenvalue weighted by Gasteiger charge is -2.18. The minimum atomic E-state index is -0.785. The van der Waals surface area contributed by atoms with Crippen molar-refractivity contribution in [2.45, 2.75) is 271 Å². The Bertz CT molecular complexity index is 1070. The maximum Gasteiger partial charge on any atom is 0.306 e. The molecule has 0 aliphatic carbocycles. The van der Waals surface area contributed by atoms with E-state index in [0.717, 1.165) is 96.3 Å². The summed E-state index contributed by atoms with van der Waals surface area (Å²) >= 11 is 0.